The van der Waals surface area contributed by atoms with E-state index < -0.39 is 5.97 Å². The number of hydrogen-bond donors (Lipinski definition) is 2. The molecule has 7 heteroatoms. The first-order valence-corrected chi connectivity index (χ1v) is 12.3. The Balaban J connectivity index is 0.000000751. The molecule has 0 spiro atoms. The topological polar surface area (TPSA) is 97.4 Å². The van der Waals surface area contributed by atoms with Crippen LogP contribution in [0.25, 0.3) is 11.0 Å². The molecule has 0 saturated heterocycles. The second-order valence-electron chi connectivity index (χ2n) is 9.82. The van der Waals surface area contributed by atoms with Gasteiger partial charge in [0.1, 0.15) is 11.6 Å². The minimum atomic E-state index is -0.936. The first-order chi connectivity index (χ1) is 16.3. The lowest BCUT2D eigenvalue weighted by Crippen LogP contribution is -2.26. The minimum Gasteiger partial charge on any atom is -0.481 e. The van der Waals surface area contributed by atoms with Gasteiger partial charge in [0, 0.05) is 18.2 Å². The van der Waals surface area contributed by atoms with Gasteiger partial charge < -0.3 is 19.4 Å². The standard InChI is InChI=1S/C23H27N3O4.C4H10/c1-15-5-2-3-7-19(15)26-20-9-8-16(23(29)24-11-10-22(27)28)13-18(20)25-21(26)14-17-6-4-12-30-17;1-4(2)3/h4,6,8-9,12-13,15,19H,2-3,5,7,10-11,14H2,1H3,(H,24,29)(H,27,28);4H,1-3H3. The van der Waals surface area contributed by atoms with Crippen molar-refractivity contribution in [2.24, 2.45) is 11.8 Å². The summed E-state index contributed by atoms with van der Waals surface area (Å²) in [7, 11) is 0. The lowest BCUT2D eigenvalue weighted by atomic mass is 9.85. The maximum Gasteiger partial charge on any atom is 0.305 e. The van der Waals surface area contributed by atoms with Crippen LogP contribution in [0.5, 0.6) is 0 Å². The fourth-order valence-electron chi connectivity index (χ4n) is 4.42. The molecule has 34 heavy (non-hydrogen) atoms. The molecular formula is C27H37N3O4. The van der Waals surface area contributed by atoms with E-state index in [1.165, 1.54) is 19.3 Å². The normalized spacial score (nSPS) is 17.9. The van der Waals surface area contributed by atoms with Crippen LogP contribution >= 0.6 is 0 Å². The summed E-state index contributed by atoms with van der Waals surface area (Å²) in [4.78, 5) is 28.0. The highest BCUT2D eigenvalue weighted by molar-refractivity contribution is 5.97. The quantitative estimate of drug-likeness (QED) is 0.455. The van der Waals surface area contributed by atoms with Gasteiger partial charge in [0.2, 0.25) is 0 Å². The predicted molar refractivity (Wildman–Crippen MR) is 133 cm³/mol. The van der Waals surface area contributed by atoms with E-state index in [1.54, 1.807) is 18.4 Å². The van der Waals surface area contributed by atoms with Gasteiger partial charge in [-0.25, -0.2) is 4.98 Å². The van der Waals surface area contributed by atoms with Gasteiger partial charge >= 0.3 is 5.97 Å². The average molecular weight is 468 g/mol. The number of nitrogens with one attached hydrogen (secondary N) is 1. The molecule has 7 nitrogen and oxygen atoms in total. The number of rotatable bonds is 7. The van der Waals surface area contributed by atoms with Crippen molar-refractivity contribution < 1.29 is 19.1 Å². The summed E-state index contributed by atoms with van der Waals surface area (Å²) in [6.07, 6.45) is 6.97. The van der Waals surface area contributed by atoms with E-state index >= 15 is 0 Å². The molecule has 0 bridgehead atoms. The van der Waals surface area contributed by atoms with Crippen molar-refractivity contribution in [2.75, 3.05) is 6.54 Å². The molecule has 2 N–H and O–H groups in total. The Morgan fingerprint density at radius 2 is 1.94 bits per heavy atom. The SMILES string of the molecule is CC(C)C.CC1CCCCC1n1c(Cc2ccco2)nc2cc(C(=O)NCCC(=O)O)ccc21. The summed E-state index contributed by atoms with van der Waals surface area (Å²) in [5.41, 5.74) is 2.29. The lowest BCUT2D eigenvalue weighted by Gasteiger charge is -2.31. The van der Waals surface area contributed by atoms with Crippen LogP contribution in [0, 0.1) is 11.8 Å². The van der Waals surface area contributed by atoms with Crippen LogP contribution in [0.3, 0.4) is 0 Å². The lowest BCUT2D eigenvalue weighted by molar-refractivity contribution is -0.136. The van der Waals surface area contributed by atoms with Crippen LogP contribution in [-0.4, -0.2) is 33.1 Å². The molecule has 0 radical (unpaired) electrons. The smallest absolute Gasteiger partial charge is 0.305 e. The highest BCUT2D eigenvalue weighted by Crippen LogP contribution is 2.37. The largest absolute Gasteiger partial charge is 0.481 e. The molecule has 1 fully saturated rings. The zero-order valence-electron chi connectivity index (χ0n) is 20.7. The van der Waals surface area contributed by atoms with Gasteiger partial charge in [-0.05, 0) is 55.0 Å². The number of imidazole rings is 1. The number of carbonyl (C=O) groups excluding carboxylic acids is 1. The zero-order chi connectivity index (χ0) is 24.7. The number of aromatic nitrogens is 2. The van der Waals surface area contributed by atoms with E-state index in [-0.39, 0.29) is 18.9 Å². The van der Waals surface area contributed by atoms with Gasteiger partial charge in [-0.3, -0.25) is 9.59 Å². The number of carbonyl (C=O) groups is 2. The molecule has 0 aliphatic heterocycles. The van der Waals surface area contributed by atoms with Gasteiger partial charge in [0.15, 0.2) is 0 Å². The molecular weight excluding hydrogens is 430 g/mol. The highest BCUT2D eigenvalue weighted by Gasteiger charge is 2.27. The third-order valence-electron chi connectivity index (χ3n) is 5.96. The molecule has 2 unspecified atom stereocenters. The Bertz CT molecular complexity index is 1080. The van der Waals surface area contributed by atoms with Gasteiger partial charge in [0.05, 0.1) is 30.1 Å². The van der Waals surface area contributed by atoms with Crippen LogP contribution in [0.15, 0.2) is 41.0 Å². The molecule has 4 rings (SSSR count). The third-order valence-corrected chi connectivity index (χ3v) is 5.96. The van der Waals surface area contributed by atoms with E-state index in [1.807, 2.05) is 18.2 Å². The predicted octanol–water partition coefficient (Wildman–Crippen LogP) is 5.84. The molecule has 184 valence electrons. The van der Waals surface area contributed by atoms with Crippen LogP contribution in [0.1, 0.15) is 87.8 Å². The third kappa shape index (κ3) is 6.72. The van der Waals surface area contributed by atoms with E-state index in [0.29, 0.717) is 23.9 Å². The second-order valence-corrected chi connectivity index (χ2v) is 9.82. The van der Waals surface area contributed by atoms with Crippen LogP contribution in [0.2, 0.25) is 0 Å². The van der Waals surface area contributed by atoms with Gasteiger partial charge in [-0.1, -0.05) is 40.5 Å². The molecule has 1 aliphatic rings. The maximum absolute atomic E-state index is 12.4. The fourth-order valence-corrected chi connectivity index (χ4v) is 4.42. The van der Waals surface area contributed by atoms with Gasteiger partial charge in [-0.2, -0.15) is 0 Å². The van der Waals surface area contributed by atoms with E-state index in [9.17, 15) is 9.59 Å². The Kier molecular flexibility index (Phi) is 8.91. The second kappa shape index (κ2) is 11.9. The molecule has 2 heterocycles. The highest BCUT2D eigenvalue weighted by atomic mass is 16.4. The Morgan fingerprint density at radius 1 is 1.21 bits per heavy atom. The zero-order valence-corrected chi connectivity index (χ0v) is 20.7. The molecule has 1 saturated carbocycles. The number of benzene rings is 1. The van der Waals surface area contributed by atoms with E-state index in [0.717, 1.165) is 35.0 Å². The summed E-state index contributed by atoms with van der Waals surface area (Å²) >= 11 is 0. The number of carboxylic acid groups (broad SMARTS) is 1. The number of nitrogens with zero attached hydrogens (tertiary/aromatic N) is 2. The summed E-state index contributed by atoms with van der Waals surface area (Å²) in [5, 5.41) is 11.4. The van der Waals surface area contributed by atoms with Crippen molar-refractivity contribution >= 4 is 22.9 Å². The summed E-state index contributed by atoms with van der Waals surface area (Å²) in [5.74, 6) is 1.98. The summed E-state index contributed by atoms with van der Waals surface area (Å²) in [6.45, 7) is 8.90. The van der Waals surface area contributed by atoms with Crippen molar-refractivity contribution in [1.29, 1.82) is 0 Å². The van der Waals surface area contributed by atoms with Crippen molar-refractivity contribution in [2.45, 2.75) is 72.3 Å². The summed E-state index contributed by atoms with van der Waals surface area (Å²) in [6, 6.07) is 9.76. The van der Waals surface area contributed by atoms with Crippen LogP contribution < -0.4 is 5.32 Å². The first kappa shape index (κ1) is 25.5. The van der Waals surface area contributed by atoms with Crippen molar-refractivity contribution in [3.63, 3.8) is 0 Å². The first-order valence-electron chi connectivity index (χ1n) is 12.3. The minimum absolute atomic E-state index is 0.101. The number of aliphatic carboxylic acids is 1. The van der Waals surface area contributed by atoms with E-state index in [4.69, 9.17) is 14.5 Å². The number of amides is 1. The van der Waals surface area contributed by atoms with Crippen LogP contribution in [-0.2, 0) is 11.2 Å². The van der Waals surface area contributed by atoms with Gasteiger partial charge in [-0.15, -0.1) is 0 Å². The number of furan rings is 1. The molecule has 2 aromatic heterocycles. The maximum atomic E-state index is 12.4. The number of carboxylic acids is 1. The molecule has 3 aromatic rings. The molecule has 1 aromatic carbocycles. The monoisotopic (exact) mass is 467 g/mol. The molecule has 1 amide bonds. The Labute approximate surface area is 201 Å². The van der Waals surface area contributed by atoms with Crippen LogP contribution in [0.4, 0.5) is 0 Å². The van der Waals surface area contributed by atoms with Crippen molar-refractivity contribution in [3.8, 4) is 0 Å². The van der Waals surface area contributed by atoms with Gasteiger partial charge in [0.25, 0.3) is 5.91 Å². The fraction of sp³-hybridized carbons (Fsp3) is 0.519. The van der Waals surface area contributed by atoms with E-state index in [2.05, 4.69) is 37.6 Å². The van der Waals surface area contributed by atoms with Crippen molar-refractivity contribution in [3.05, 3.63) is 53.7 Å². The summed E-state index contributed by atoms with van der Waals surface area (Å²) < 4.78 is 7.90. The van der Waals surface area contributed by atoms with Crippen molar-refractivity contribution in [1.82, 2.24) is 14.9 Å². The number of hydrogen-bond acceptors (Lipinski definition) is 4. The Hall–Kier alpha value is -3.09. The molecule has 1 aliphatic carbocycles. The molecule has 2 atom stereocenters. The Morgan fingerprint density at radius 3 is 2.59 bits per heavy atom. The number of fused-ring (bicyclic) bond motifs is 1. The average Bonchev–Trinajstić information content (AvgIpc) is 3.40.